The maximum atomic E-state index is 6.11. The lowest BCUT2D eigenvalue weighted by Gasteiger charge is -2.09. The molecule has 98 valence electrons. The quantitative estimate of drug-likeness (QED) is 0.717. The smallest absolute Gasteiger partial charge is 0.106 e. The van der Waals surface area contributed by atoms with Crippen LogP contribution in [-0.2, 0) is 6.54 Å². The van der Waals surface area contributed by atoms with Gasteiger partial charge < -0.3 is 11.1 Å². The molecule has 3 N–H and O–H groups in total. The summed E-state index contributed by atoms with van der Waals surface area (Å²) in [6, 6.07) is 4.05. The molecular weight excluding hydrogens is 258 g/mol. The van der Waals surface area contributed by atoms with E-state index in [1.807, 2.05) is 41.6 Å². The largest absolute Gasteiger partial charge is 0.395 e. The molecule has 5 nitrogen and oxygen atoms in total. The van der Waals surface area contributed by atoms with Crippen molar-refractivity contribution >= 4 is 32.9 Å². The molecule has 3 aromatic rings. The van der Waals surface area contributed by atoms with Gasteiger partial charge in [0.2, 0.25) is 0 Å². The van der Waals surface area contributed by atoms with Gasteiger partial charge in [-0.2, -0.15) is 5.10 Å². The SMILES string of the molecule is Cc1cnn(CCNc2ccc3scnc3c2N)c1. The summed E-state index contributed by atoms with van der Waals surface area (Å²) in [6.07, 6.45) is 3.88. The summed E-state index contributed by atoms with van der Waals surface area (Å²) in [5, 5.41) is 7.58. The number of hydrogen-bond acceptors (Lipinski definition) is 5. The van der Waals surface area contributed by atoms with Crippen LogP contribution in [0.4, 0.5) is 11.4 Å². The molecule has 0 atom stereocenters. The fourth-order valence-corrected chi connectivity index (χ4v) is 2.69. The van der Waals surface area contributed by atoms with Crippen LogP contribution in [0.3, 0.4) is 0 Å². The molecule has 0 aliphatic rings. The highest BCUT2D eigenvalue weighted by molar-refractivity contribution is 7.16. The van der Waals surface area contributed by atoms with Crippen molar-refractivity contribution < 1.29 is 0 Å². The molecule has 0 spiro atoms. The molecule has 6 heteroatoms. The Morgan fingerprint density at radius 3 is 3.11 bits per heavy atom. The lowest BCUT2D eigenvalue weighted by Crippen LogP contribution is -2.11. The molecule has 0 fully saturated rings. The van der Waals surface area contributed by atoms with Crippen LogP contribution < -0.4 is 11.1 Å². The van der Waals surface area contributed by atoms with E-state index in [4.69, 9.17) is 5.73 Å². The van der Waals surface area contributed by atoms with Crippen molar-refractivity contribution in [3.63, 3.8) is 0 Å². The zero-order valence-electron chi connectivity index (χ0n) is 10.6. The predicted octanol–water partition coefficient (Wildman–Crippen LogP) is 2.50. The van der Waals surface area contributed by atoms with Gasteiger partial charge in [0.15, 0.2) is 0 Å². The summed E-state index contributed by atoms with van der Waals surface area (Å²) in [6.45, 7) is 3.62. The highest BCUT2D eigenvalue weighted by atomic mass is 32.1. The van der Waals surface area contributed by atoms with E-state index in [0.717, 1.165) is 34.7 Å². The summed E-state index contributed by atoms with van der Waals surface area (Å²) in [5.41, 5.74) is 11.6. The summed E-state index contributed by atoms with van der Waals surface area (Å²) in [5.74, 6) is 0. The number of aromatic nitrogens is 3. The Bertz CT molecular complexity index is 700. The Morgan fingerprint density at radius 1 is 1.42 bits per heavy atom. The summed E-state index contributed by atoms with van der Waals surface area (Å²) >= 11 is 1.60. The summed E-state index contributed by atoms with van der Waals surface area (Å²) in [4.78, 5) is 4.28. The highest BCUT2D eigenvalue weighted by Gasteiger charge is 2.06. The van der Waals surface area contributed by atoms with Gasteiger partial charge in [0.05, 0.1) is 34.3 Å². The summed E-state index contributed by atoms with van der Waals surface area (Å²) in [7, 11) is 0. The maximum absolute atomic E-state index is 6.11. The predicted molar refractivity (Wildman–Crippen MR) is 79.5 cm³/mol. The Hall–Kier alpha value is -2.08. The van der Waals surface area contributed by atoms with Crippen LogP contribution in [0.25, 0.3) is 10.2 Å². The zero-order chi connectivity index (χ0) is 13.2. The van der Waals surface area contributed by atoms with Gasteiger partial charge >= 0.3 is 0 Å². The van der Waals surface area contributed by atoms with E-state index in [1.165, 1.54) is 5.56 Å². The number of hydrogen-bond donors (Lipinski definition) is 2. The third-order valence-corrected chi connectivity index (χ3v) is 3.75. The molecule has 19 heavy (non-hydrogen) atoms. The first-order chi connectivity index (χ1) is 9.24. The van der Waals surface area contributed by atoms with Gasteiger partial charge in [0.25, 0.3) is 0 Å². The fourth-order valence-electron chi connectivity index (χ4n) is 2.00. The number of thiazole rings is 1. The first-order valence-corrected chi connectivity index (χ1v) is 6.96. The normalized spacial score (nSPS) is 11.0. The first-order valence-electron chi connectivity index (χ1n) is 6.08. The highest BCUT2D eigenvalue weighted by Crippen LogP contribution is 2.29. The molecule has 1 aromatic carbocycles. The standard InChI is InChI=1S/C13H15N5S/c1-9-6-17-18(7-9)5-4-15-10-2-3-11-13(12(10)14)16-8-19-11/h2-3,6-8,15H,4-5,14H2,1H3. The van der Waals surface area contributed by atoms with E-state index in [-0.39, 0.29) is 0 Å². The van der Waals surface area contributed by atoms with Crippen LogP contribution in [0.1, 0.15) is 5.56 Å². The van der Waals surface area contributed by atoms with E-state index in [2.05, 4.69) is 15.4 Å². The van der Waals surface area contributed by atoms with Crippen molar-refractivity contribution in [2.75, 3.05) is 17.6 Å². The first kappa shape index (κ1) is 12.0. The molecule has 0 aliphatic heterocycles. The van der Waals surface area contributed by atoms with Crippen molar-refractivity contribution in [1.29, 1.82) is 0 Å². The number of benzene rings is 1. The Labute approximate surface area is 115 Å². The molecule has 0 radical (unpaired) electrons. The number of nitrogens with one attached hydrogen (secondary N) is 1. The number of fused-ring (bicyclic) bond motifs is 1. The molecule has 0 bridgehead atoms. The van der Waals surface area contributed by atoms with E-state index in [1.54, 1.807) is 11.3 Å². The van der Waals surface area contributed by atoms with Crippen LogP contribution in [-0.4, -0.2) is 21.3 Å². The Morgan fingerprint density at radius 2 is 2.32 bits per heavy atom. The number of nitrogens with two attached hydrogens (primary N) is 1. The van der Waals surface area contributed by atoms with Crippen molar-refractivity contribution in [2.45, 2.75) is 13.5 Å². The van der Waals surface area contributed by atoms with Gasteiger partial charge in [-0.1, -0.05) is 0 Å². The van der Waals surface area contributed by atoms with Crippen molar-refractivity contribution in [3.8, 4) is 0 Å². The zero-order valence-corrected chi connectivity index (χ0v) is 11.4. The van der Waals surface area contributed by atoms with Crippen LogP contribution in [0.15, 0.2) is 30.0 Å². The van der Waals surface area contributed by atoms with Gasteiger partial charge in [-0.3, -0.25) is 4.68 Å². The minimum absolute atomic E-state index is 0.718. The maximum Gasteiger partial charge on any atom is 0.106 e. The molecule has 2 heterocycles. The average Bonchev–Trinajstić information content (AvgIpc) is 3.01. The third-order valence-electron chi connectivity index (χ3n) is 2.96. The topological polar surface area (TPSA) is 68.8 Å². The van der Waals surface area contributed by atoms with Gasteiger partial charge in [-0.05, 0) is 24.6 Å². The molecule has 0 aliphatic carbocycles. The van der Waals surface area contributed by atoms with Crippen LogP contribution in [0.2, 0.25) is 0 Å². The average molecular weight is 273 g/mol. The number of nitrogen functional groups attached to an aromatic ring is 1. The molecule has 3 rings (SSSR count). The van der Waals surface area contributed by atoms with E-state index >= 15 is 0 Å². The molecule has 2 aromatic heterocycles. The second-order valence-corrected chi connectivity index (χ2v) is 5.32. The lowest BCUT2D eigenvalue weighted by molar-refractivity contribution is 0.637. The van der Waals surface area contributed by atoms with Gasteiger partial charge in [-0.25, -0.2) is 4.98 Å². The third kappa shape index (κ3) is 2.39. The van der Waals surface area contributed by atoms with E-state index in [0.29, 0.717) is 0 Å². The monoisotopic (exact) mass is 273 g/mol. The van der Waals surface area contributed by atoms with Crippen molar-refractivity contribution in [3.05, 3.63) is 35.6 Å². The van der Waals surface area contributed by atoms with Gasteiger partial charge in [-0.15, -0.1) is 11.3 Å². The van der Waals surface area contributed by atoms with Crippen molar-refractivity contribution in [1.82, 2.24) is 14.8 Å². The Kier molecular flexibility index (Phi) is 3.08. The van der Waals surface area contributed by atoms with E-state index < -0.39 is 0 Å². The second-order valence-electron chi connectivity index (χ2n) is 4.43. The number of aryl methyl sites for hydroxylation is 1. The minimum Gasteiger partial charge on any atom is -0.395 e. The fraction of sp³-hybridized carbons (Fsp3) is 0.231. The summed E-state index contributed by atoms with van der Waals surface area (Å²) < 4.78 is 3.03. The number of nitrogens with zero attached hydrogens (tertiary/aromatic N) is 3. The van der Waals surface area contributed by atoms with Crippen LogP contribution in [0, 0.1) is 6.92 Å². The van der Waals surface area contributed by atoms with E-state index in [9.17, 15) is 0 Å². The second kappa shape index (κ2) is 4.89. The number of anilines is 2. The van der Waals surface area contributed by atoms with Gasteiger partial charge in [0.1, 0.15) is 5.52 Å². The van der Waals surface area contributed by atoms with Crippen molar-refractivity contribution in [2.24, 2.45) is 0 Å². The number of rotatable bonds is 4. The van der Waals surface area contributed by atoms with Gasteiger partial charge in [0, 0.05) is 12.7 Å². The minimum atomic E-state index is 0.718. The molecule has 0 unspecified atom stereocenters. The molecular formula is C13H15N5S. The molecule has 0 saturated heterocycles. The molecule has 0 saturated carbocycles. The van der Waals surface area contributed by atoms with Crippen LogP contribution >= 0.6 is 11.3 Å². The lowest BCUT2D eigenvalue weighted by atomic mass is 10.2. The Balaban J connectivity index is 1.69. The molecule has 0 amide bonds. The van der Waals surface area contributed by atoms with Crippen LogP contribution in [0.5, 0.6) is 0 Å².